The molecule has 78 heavy (non-hydrogen) atoms. The predicted molar refractivity (Wildman–Crippen MR) is 283 cm³/mol. The first-order valence-corrected chi connectivity index (χ1v) is 27.6. The van der Waals surface area contributed by atoms with Crippen LogP contribution < -0.4 is 30.3 Å². The fraction of sp³-hybridized carbons (Fsp3) is 0.444. The van der Waals surface area contributed by atoms with Gasteiger partial charge in [-0.2, -0.15) is 0 Å². The number of nitrogens with zero attached hydrogens (tertiary/aromatic N) is 10. The summed E-state index contributed by atoms with van der Waals surface area (Å²) < 4.78 is 49.6. The van der Waals surface area contributed by atoms with Crippen molar-refractivity contribution in [1.29, 1.82) is 0 Å². The molecule has 0 radical (unpaired) electrons. The van der Waals surface area contributed by atoms with Crippen LogP contribution in [0.4, 0.5) is 28.7 Å². The summed E-state index contributed by atoms with van der Waals surface area (Å²) in [4.78, 5) is 119. The number of carbonyl (C=O) groups is 5. The Labute approximate surface area is 452 Å². The first kappa shape index (κ1) is 47.9. The van der Waals surface area contributed by atoms with E-state index in [-0.39, 0.29) is 64.9 Å². The van der Waals surface area contributed by atoms with Crippen molar-refractivity contribution in [1.82, 2.24) is 33.8 Å². The Kier molecular flexibility index (Phi) is 11.8. The Morgan fingerprint density at radius 2 is 1.71 bits per heavy atom. The van der Waals surface area contributed by atoms with Crippen LogP contribution in [0, 0.1) is 5.41 Å². The highest BCUT2D eigenvalue weighted by Gasteiger charge is 2.49. The number of anilines is 5. The number of pyridine rings is 3. The summed E-state index contributed by atoms with van der Waals surface area (Å²) in [6.45, 7) is 6.19. The van der Waals surface area contributed by atoms with Gasteiger partial charge in [-0.25, -0.2) is 14.5 Å². The molecule has 5 amide bonds. The van der Waals surface area contributed by atoms with Gasteiger partial charge in [-0.15, -0.1) is 0 Å². The van der Waals surface area contributed by atoms with Gasteiger partial charge < -0.3 is 43.9 Å². The molecule has 10 heterocycles. The maximum Gasteiger partial charge on any atom is 0.471 e. The minimum absolute atomic E-state index is 0.0413. The SMILES string of the molecule is [2H]C([2H])([2H])n1cc(-c2ccnc(N3CCn4c(cc5c4CC(C)(C)C5)C3=O)c2CO)cc(Nc2ccc(N3CCN([C@@H]4CCN5c6cc7c(cc6OC[C@H]5C4)C(=O)N(C4CCC(=O)N(COP(=O)(O)O)C4=O)C7=O)C[C@@H]3C)cn2)c1=O. The maximum atomic E-state index is 14.1. The molecule has 24 heteroatoms. The third kappa shape index (κ3) is 8.95. The van der Waals surface area contributed by atoms with Crippen LogP contribution in [0.3, 0.4) is 0 Å². The summed E-state index contributed by atoms with van der Waals surface area (Å²) in [5.41, 5.74) is 4.80. The minimum Gasteiger partial charge on any atom is -0.489 e. The molecule has 23 nitrogen and oxygen atoms in total. The fourth-order valence-corrected chi connectivity index (χ4v) is 13.1. The van der Waals surface area contributed by atoms with E-state index in [1.54, 1.807) is 29.3 Å². The number of likely N-dealkylation sites (tertiary alicyclic amines) is 1. The van der Waals surface area contributed by atoms with Crippen LogP contribution >= 0.6 is 7.82 Å². The number of piperazine rings is 1. The van der Waals surface area contributed by atoms with Gasteiger partial charge in [0.1, 0.15) is 48.1 Å². The van der Waals surface area contributed by atoms with Crippen molar-refractivity contribution < 1.29 is 56.8 Å². The zero-order valence-electron chi connectivity index (χ0n) is 46.1. The lowest BCUT2D eigenvalue weighted by Gasteiger charge is -2.50. The number of phosphoric ester groups is 1. The van der Waals surface area contributed by atoms with Crippen LogP contribution in [0.1, 0.15) is 98.6 Å². The number of phosphoric acid groups is 1. The summed E-state index contributed by atoms with van der Waals surface area (Å²) in [5, 5.41) is 13.9. The molecular formula is C54H60N11O12P. The van der Waals surface area contributed by atoms with E-state index >= 15 is 0 Å². The van der Waals surface area contributed by atoms with Crippen molar-refractivity contribution in [2.75, 3.05) is 66.1 Å². The molecule has 12 rings (SSSR count). The van der Waals surface area contributed by atoms with E-state index in [1.165, 1.54) is 30.2 Å². The average Bonchev–Trinajstić information content (AvgIpc) is 3.45. The highest BCUT2D eigenvalue weighted by molar-refractivity contribution is 7.46. The van der Waals surface area contributed by atoms with Crippen molar-refractivity contribution in [3.63, 3.8) is 0 Å². The quantitative estimate of drug-likeness (QED) is 0.108. The molecule has 6 aliphatic heterocycles. The smallest absolute Gasteiger partial charge is 0.471 e. The highest BCUT2D eigenvalue weighted by Crippen LogP contribution is 2.45. The number of benzene rings is 1. The Morgan fingerprint density at radius 1 is 0.897 bits per heavy atom. The standard InChI is InChI=1S/C54H60N11O12P/c1-30-25-59(33-10-12-61-35(19-33)28-76-45-21-38-37(20-42(45)61)49(68)65(50(38)69)41-6-8-47(67)64(52(41)71)29-77-78(73,74)75)13-14-60(30)34-5-7-46(56-24-34)57-40-17-32(26-58(4)51(40)70)36-9-11-55-48(39(36)27-66)63-16-15-62-43(53(63)72)18-31-22-54(2,3)23-44(31)62/h5,7,9,11,17-18,20-21,24,26,30,33,35,41,66H,6,8,10,12-16,19,22-23,25,27-29H2,1-4H3,(H,56,57)(H2,73,74,75)/t30-,33+,35+,41?/m0/s1/i4D3. The van der Waals surface area contributed by atoms with E-state index in [9.17, 15) is 38.4 Å². The first-order chi connectivity index (χ1) is 38.5. The molecule has 3 fully saturated rings. The molecule has 1 aliphatic carbocycles. The summed E-state index contributed by atoms with van der Waals surface area (Å²) in [6, 6.07) is 10.7. The number of amides is 5. The predicted octanol–water partition coefficient (Wildman–Crippen LogP) is 3.79. The van der Waals surface area contributed by atoms with Crippen LogP contribution in [-0.2, 0) is 51.6 Å². The molecule has 0 bridgehead atoms. The van der Waals surface area contributed by atoms with Crippen LogP contribution in [0.5, 0.6) is 5.75 Å². The number of aryl methyl sites for hydroxylation is 1. The van der Waals surface area contributed by atoms with Gasteiger partial charge in [0.15, 0.2) is 0 Å². The molecule has 4 atom stereocenters. The Hall–Kier alpha value is -7.27. The monoisotopic (exact) mass is 1090 g/mol. The van der Waals surface area contributed by atoms with Gasteiger partial charge >= 0.3 is 7.82 Å². The highest BCUT2D eigenvalue weighted by atomic mass is 31.2. The topological polar surface area (TPSA) is 266 Å². The summed E-state index contributed by atoms with van der Waals surface area (Å²) in [7, 11) is -5.04. The number of aliphatic hydroxyl groups excluding tert-OH is 1. The molecule has 7 aliphatic rings. The number of aromatic nitrogens is 4. The Morgan fingerprint density at radius 3 is 2.45 bits per heavy atom. The zero-order chi connectivity index (χ0) is 57.2. The van der Waals surface area contributed by atoms with E-state index < -0.39 is 63.4 Å². The van der Waals surface area contributed by atoms with Gasteiger partial charge in [-0.1, -0.05) is 13.8 Å². The van der Waals surface area contributed by atoms with E-state index in [0.717, 1.165) is 54.9 Å². The zero-order valence-corrected chi connectivity index (χ0v) is 44.0. The third-order valence-corrected chi connectivity index (χ3v) is 16.9. The van der Waals surface area contributed by atoms with Crippen molar-refractivity contribution in [2.45, 2.75) is 96.6 Å². The normalized spacial score (nSPS) is 23.8. The third-order valence-electron chi connectivity index (χ3n) is 16.5. The molecule has 4 aromatic heterocycles. The van der Waals surface area contributed by atoms with E-state index in [0.29, 0.717) is 81.9 Å². The fourth-order valence-electron chi connectivity index (χ4n) is 12.8. The molecule has 5 aromatic rings. The number of carbonyl (C=O) groups excluding carboxylic acids is 5. The van der Waals surface area contributed by atoms with Gasteiger partial charge in [0.05, 0.1) is 41.3 Å². The van der Waals surface area contributed by atoms with Crippen LogP contribution in [0.15, 0.2) is 65.8 Å². The average molecular weight is 1090 g/mol. The number of fused-ring (bicyclic) bond motifs is 7. The van der Waals surface area contributed by atoms with Gasteiger partial charge in [-0.3, -0.25) is 52.9 Å². The Balaban J connectivity index is 0.701. The van der Waals surface area contributed by atoms with Crippen molar-refractivity contribution in [2.24, 2.45) is 12.4 Å². The van der Waals surface area contributed by atoms with Crippen LogP contribution in [0.2, 0.25) is 0 Å². The van der Waals surface area contributed by atoms with E-state index in [2.05, 4.69) is 59.8 Å². The number of hydrogen-bond acceptors (Lipinski definition) is 16. The van der Waals surface area contributed by atoms with Gasteiger partial charge in [0.2, 0.25) is 5.91 Å². The van der Waals surface area contributed by atoms with Crippen molar-refractivity contribution >= 4 is 66.1 Å². The van der Waals surface area contributed by atoms with Gasteiger partial charge in [0, 0.05) is 98.1 Å². The number of aliphatic hydroxyl groups is 1. The lowest BCUT2D eigenvalue weighted by Crippen LogP contribution is -2.59. The molecule has 408 valence electrons. The molecule has 0 saturated carbocycles. The lowest BCUT2D eigenvalue weighted by atomic mass is 9.90. The molecule has 1 unspecified atom stereocenters. The molecular weight excluding hydrogens is 1030 g/mol. The number of hydrogen-bond donors (Lipinski definition) is 4. The second-order valence-corrected chi connectivity index (χ2v) is 23.2. The maximum absolute atomic E-state index is 14.1. The van der Waals surface area contributed by atoms with Gasteiger partial charge in [0.25, 0.3) is 29.2 Å². The molecule has 1 aromatic carbocycles. The van der Waals surface area contributed by atoms with Crippen molar-refractivity contribution in [3.8, 4) is 16.9 Å². The molecule has 3 saturated heterocycles. The van der Waals surface area contributed by atoms with Gasteiger partial charge in [-0.05, 0) is 98.0 Å². The van der Waals surface area contributed by atoms with E-state index in [1.807, 2.05) is 12.1 Å². The molecule has 0 spiro atoms. The molecule has 4 N–H and O–H groups in total. The second-order valence-electron chi connectivity index (χ2n) is 22.0. The summed E-state index contributed by atoms with van der Waals surface area (Å²) in [5.74, 6) is -2.45. The minimum atomic E-state index is -5.04. The Bertz CT molecular complexity index is 3590. The van der Waals surface area contributed by atoms with Crippen LogP contribution in [0.25, 0.3) is 11.1 Å². The number of rotatable bonds is 11. The number of nitrogens with one attached hydrogen (secondary N) is 1. The second kappa shape index (κ2) is 19.3. The number of piperidine rings is 2. The number of ether oxygens (including phenoxy) is 1. The summed E-state index contributed by atoms with van der Waals surface area (Å²) >= 11 is 0. The van der Waals surface area contributed by atoms with Crippen molar-refractivity contribution in [3.05, 3.63) is 105 Å². The van der Waals surface area contributed by atoms with Crippen LogP contribution in [-0.4, -0.2) is 148 Å². The number of imide groups is 2. The van der Waals surface area contributed by atoms with E-state index in [4.69, 9.17) is 18.6 Å². The first-order valence-electron chi connectivity index (χ1n) is 27.6. The lowest BCUT2D eigenvalue weighted by molar-refractivity contribution is -0.155. The largest absolute Gasteiger partial charge is 0.489 e. The summed E-state index contributed by atoms with van der Waals surface area (Å²) in [6.07, 6.45) is 7.35.